The fraction of sp³-hybridized carbons (Fsp3) is 0.417. The van der Waals surface area contributed by atoms with Gasteiger partial charge >= 0.3 is 0 Å². The van der Waals surface area contributed by atoms with Gasteiger partial charge in [-0.15, -0.1) is 0 Å². The monoisotopic (exact) mass is 414 g/mol. The molecule has 1 atom stereocenters. The number of hydrogen-bond acceptors (Lipinski definition) is 3. The number of benzene rings is 2. The van der Waals surface area contributed by atoms with Crippen LogP contribution in [-0.2, 0) is 16.1 Å². The summed E-state index contributed by atoms with van der Waals surface area (Å²) >= 11 is 0. The Balaban J connectivity index is 2.22. The van der Waals surface area contributed by atoms with Crippen molar-refractivity contribution in [3.05, 3.63) is 65.5 Å². The van der Waals surface area contributed by atoms with Gasteiger partial charge in [-0.3, -0.25) is 9.59 Å². The topological polar surface area (TPSA) is 58.6 Å². The van der Waals surface area contributed by atoms with Gasteiger partial charge in [-0.25, -0.2) is 4.39 Å². The van der Waals surface area contributed by atoms with Crippen molar-refractivity contribution < 1.29 is 18.7 Å². The summed E-state index contributed by atoms with van der Waals surface area (Å²) in [6.45, 7) is 8.33. The maximum absolute atomic E-state index is 13.9. The first-order chi connectivity index (χ1) is 14.3. The molecule has 30 heavy (non-hydrogen) atoms. The molecule has 1 unspecified atom stereocenters. The zero-order valence-electron chi connectivity index (χ0n) is 18.2. The van der Waals surface area contributed by atoms with Gasteiger partial charge in [0.25, 0.3) is 5.91 Å². The molecule has 0 fully saturated rings. The van der Waals surface area contributed by atoms with Gasteiger partial charge < -0.3 is 15.0 Å². The van der Waals surface area contributed by atoms with Crippen molar-refractivity contribution in [2.24, 2.45) is 5.92 Å². The van der Waals surface area contributed by atoms with Crippen molar-refractivity contribution in [3.8, 4) is 5.75 Å². The van der Waals surface area contributed by atoms with Crippen LogP contribution in [0.3, 0.4) is 0 Å². The third-order valence-corrected chi connectivity index (χ3v) is 4.86. The molecule has 1 N–H and O–H groups in total. The molecule has 0 saturated heterocycles. The molecule has 0 spiro atoms. The second-order valence-electron chi connectivity index (χ2n) is 7.73. The fourth-order valence-corrected chi connectivity index (χ4v) is 3.10. The Labute approximate surface area is 178 Å². The average molecular weight is 415 g/mol. The number of para-hydroxylation sites is 1. The minimum Gasteiger partial charge on any atom is -0.481 e. The predicted octanol–water partition coefficient (Wildman–Crippen LogP) is 4.09. The minimum atomic E-state index is -0.639. The van der Waals surface area contributed by atoms with Crippen LogP contribution in [-0.4, -0.2) is 35.9 Å². The number of halogens is 1. The van der Waals surface area contributed by atoms with Gasteiger partial charge in [0.15, 0.2) is 18.2 Å². The van der Waals surface area contributed by atoms with E-state index in [4.69, 9.17) is 4.74 Å². The first-order valence-electron chi connectivity index (χ1n) is 10.3. The van der Waals surface area contributed by atoms with E-state index in [-0.39, 0.29) is 30.7 Å². The lowest BCUT2D eigenvalue weighted by molar-refractivity contribution is -0.143. The Morgan fingerprint density at radius 1 is 1.10 bits per heavy atom. The number of aryl methyl sites for hydroxylation is 1. The van der Waals surface area contributed by atoms with E-state index < -0.39 is 11.9 Å². The largest absolute Gasteiger partial charge is 0.481 e. The summed E-state index contributed by atoms with van der Waals surface area (Å²) in [5, 5.41) is 2.92. The molecule has 162 valence electrons. The summed E-state index contributed by atoms with van der Waals surface area (Å²) in [6.07, 6.45) is 0.460. The Hall–Kier alpha value is -2.89. The highest BCUT2D eigenvalue weighted by molar-refractivity contribution is 5.88. The number of nitrogens with zero attached hydrogens (tertiary/aromatic N) is 1. The SMILES string of the molecule is CCC(C(=O)NCC(C)C)N(Cc1ccccc1C)C(=O)COc1ccccc1F. The van der Waals surface area contributed by atoms with Crippen LogP contribution in [0.4, 0.5) is 4.39 Å². The Kier molecular flexibility index (Phi) is 8.84. The maximum Gasteiger partial charge on any atom is 0.261 e. The van der Waals surface area contributed by atoms with Crippen LogP contribution >= 0.6 is 0 Å². The fourth-order valence-electron chi connectivity index (χ4n) is 3.10. The van der Waals surface area contributed by atoms with E-state index in [0.717, 1.165) is 11.1 Å². The summed E-state index contributed by atoms with van der Waals surface area (Å²) in [6, 6.07) is 13.0. The van der Waals surface area contributed by atoms with Gasteiger partial charge in [0.2, 0.25) is 5.91 Å². The number of carbonyl (C=O) groups is 2. The smallest absolute Gasteiger partial charge is 0.261 e. The molecule has 0 heterocycles. The Morgan fingerprint density at radius 3 is 2.40 bits per heavy atom. The van der Waals surface area contributed by atoms with Crippen molar-refractivity contribution in [2.45, 2.75) is 46.7 Å². The third-order valence-electron chi connectivity index (χ3n) is 4.86. The highest BCUT2D eigenvalue weighted by Crippen LogP contribution is 2.18. The van der Waals surface area contributed by atoms with E-state index in [9.17, 15) is 14.0 Å². The Morgan fingerprint density at radius 2 is 1.77 bits per heavy atom. The van der Waals surface area contributed by atoms with Crippen molar-refractivity contribution in [2.75, 3.05) is 13.2 Å². The van der Waals surface area contributed by atoms with Gasteiger partial charge in [-0.05, 0) is 42.5 Å². The average Bonchev–Trinajstić information content (AvgIpc) is 2.72. The molecule has 2 rings (SSSR count). The van der Waals surface area contributed by atoms with E-state index >= 15 is 0 Å². The van der Waals surface area contributed by atoms with Crippen LogP contribution < -0.4 is 10.1 Å². The van der Waals surface area contributed by atoms with Crippen LogP contribution in [0, 0.1) is 18.7 Å². The first kappa shape index (κ1) is 23.4. The number of ether oxygens (including phenoxy) is 1. The lowest BCUT2D eigenvalue weighted by atomic mass is 10.1. The molecule has 2 amide bonds. The van der Waals surface area contributed by atoms with E-state index in [2.05, 4.69) is 5.32 Å². The standard InChI is InChI=1S/C24H31FN2O3/c1-5-21(24(29)26-14-17(2)3)27(15-19-11-7-6-10-18(19)4)23(28)16-30-22-13-9-8-12-20(22)25/h6-13,17,21H,5,14-16H2,1-4H3,(H,26,29). The summed E-state index contributed by atoms with van der Waals surface area (Å²) in [7, 11) is 0. The van der Waals surface area contributed by atoms with Crippen LogP contribution in [0.25, 0.3) is 0 Å². The molecule has 6 heteroatoms. The van der Waals surface area contributed by atoms with Gasteiger partial charge in [0.05, 0.1) is 0 Å². The number of rotatable bonds is 10. The summed E-state index contributed by atoms with van der Waals surface area (Å²) in [5.41, 5.74) is 1.98. The highest BCUT2D eigenvalue weighted by Gasteiger charge is 2.29. The molecule has 2 aromatic rings. The molecule has 5 nitrogen and oxygen atoms in total. The molecule has 0 aromatic heterocycles. The van der Waals surface area contributed by atoms with Crippen molar-refractivity contribution in [1.29, 1.82) is 0 Å². The molecule has 0 saturated carbocycles. The summed E-state index contributed by atoms with van der Waals surface area (Å²) in [4.78, 5) is 27.4. The second kappa shape index (κ2) is 11.3. The van der Waals surface area contributed by atoms with Gasteiger partial charge in [-0.2, -0.15) is 0 Å². The van der Waals surface area contributed by atoms with E-state index in [1.54, 1.807) is 12.1 Å². The predicted molar refractivity (Wildman–Crippen MR) is 116 cm³/mol. The van der Waals surface area contributed by atoms with Crippen molar-refractivity contribution >= 4 is 11.8 Å². The summed E-state index contributed by atoms with van der Waals surface area (Å²) in [5.74, 6) is -0.778. The lowest BCUT2D eigenvalue weighted by Crippen LogP contribution is -2.50. The molecule has 0 aliphatic rings. The molecular weight excluding hydrogens is 383 g/mol. The zero-order valence-corrected chi connectivity index (χ0v) is 18.2. The molecule has 2 aromatic carbocycles. The molecular formula is C24H31FN2O3. The highest BCUT2D eigenvalue weighted by atomic mass is 19.1. The first-order valence-corrected chi connectivity index (χ1v) is 10.3. The molecule has 0 aliphatic carbocycles. The quantitative estimate of drug-likeness (QED) is 0.637. The van der Waals surface area contributed by atoms with Crippen LogP contribution in [0.5, 0.6) is 5.75 Å². The van der Waals surface area contributed by atoms with E-state index in [0.29, 0.717) is 18.9 Å². The van der Waals surface area contributed by atoms with Crippen molar-refractivity contribution in [3.63, 3.8) is 0 Å². The number of nitrogens with one attached hydrogen (secondary N) is 1. The Bertz CT molecular complexity index is 854. The normalized spacial score (nSPS) is 11.8. The van der Waals surface area contributed by atoms with Crippen LogP contribution in [0.15, 0.2) is 48.5 Å². The van der Waals surface area contributed by atoms with Crippen LogP contribution in [0.1, 0.15) is 38.3 Å². The molecule has 0 aliphatic heterocycles. The number of carbonyl (C=O) groups excluding carboxylic acids is 2. The van der Waals surface area contributed by atoms with Gasteiger partial charge in [-0.1, -0.05) is 57.2 Å². The second-order valence-corrected chi connectivity index (χ2v) is 7.73. The third kappa shape index (κ3) is 6.58. The van der Waals surface area contributed by atoms with E-state index in [1.165, 1.54) is 17.0 Å². The minimum absolute atomic E-state index is 0.0130. The summed E-state index contributed by atoms with van der Waals surface area (Å²) < 4.78 is 19.3. The van der Waals surface area contributed by atoms with Gasteiger partial charge in [0.1, 0.15) is 6.04 Å². The molecule has 0 bridgehead atoms. The molecule has 0 radical (unpaired) electrons. The van der Waals surface area contributed by atoms with Gasteiger partial charge in [0, 0.05) is 13.1 Å². The maximum atomic E-state index is 13.9. The van der Waals surface area contributed by atoms with Crippen LogP contribution in [0.2, 0.25) is 0 Å². The zero-order chi connectivity index (χ0) is 22.1. The van der Waals surface area contributed by atoms with Crippen molar-refractivity contribution in [1.82, 2.24) is 10.2 Å². The number of hydrogen-bond donors (Lipinski definition) is 1. The number of amides is 2. The lowest BCUT2D eigenvalue weighted by Gasteiger charge is -2.31. The van der Waals surface area contributed by atoms with E-state index in [1.807, 2.05) is 52.0 Å².